The van der Waals surface area contributed by atoms with Crippen molar-refractivity contribution in [3.63, 3.8) is 0 Å². The van der Waals surface area contributed by atoms with Gasteiger partial charge in [0.25, 0.3) is 5.69 Å². The fraction of sp³-hybridized carbons (Fsp3) is 0.455. The Morgan fingerprint density at radius 2 is 2.39 bits per heavy atom. The number of nitriles is 1. The van der Waals surface area contributed by atoms with Crippen molar-refractivity contribution >= 4 is 11.5 Å². The molecule has 1 rings (SSSR count). The van der Waals surface area contributed by atoms with Crippen molar-refractivity contribution in [2.24, 2.45) is 0 Å². The zero-order chi connectivity index (χ0) is 13.5. The van der Waals surface area contributed by atoms with Crippen LogP contribution in [0.1, 0.15) is 12.0 Å². The molecule has 0 spiro atoms. The van der Waals surface area contributed by atoms with Crippen LogP contribution in [-0.2, 0) is 4.74 Å². The summed E-state index contributed by atoms with van der Waals surface area (Å²) in [5.74, 6) is 0.444. The van der Waals surface area contributed by atoms with E-state index in [0.29, 0.717) is 19.0 Å². The molecule has 7 nitrogen and oxygen atoms in total. The van der Waals surface area contributed by atoms with E-state index in [2.05, 4.69) is 4.98 Å². The lowest BCUT2D eigenvalue weighted by atomic mass is 10.2. The highest BCUT2D eigenvalue weighted by molar-refractivity contribution is 5.56. The normalized spacial score (nSPS) is 9.83. The Morgan fingerprint density at radius 1 is 1.67 bits per heavy atom. The molecule has 0 saturated heterocycles. The van der Waals surface area contributed by atoms with Crippen LogP contribution in [0.15, 0.2) is 12.3 Å². The van der Waals surface area contributed by atoms with Crippen LogP contribution in [0.4, 0.5) is 11.5 Å². The number of anilines is 1. The fourth-order valence-electron chi connectivity index (χ4n) is 1.48. The van der Waals surface area contributed by atoms with Gasteiger partial charge in [-0.2, -0.15) is 5.26 Å². The molecule has 0 aliphatic rings. The van der Waals surface area contributed by atoms with E-state index in [1.165, 1.54) is 6.07 Å². The molecule has 0 N–H and O–H groups in total. The Bertz CT molecular complexity index is 470. The number of hydrogen-bond donors (Lipinski definition) is 0. The summed E-state index contributed by atoms with van der Waals surface area (Å²) >= 11 is 0. The van der Waals surface area contributed by atoms with E-state index in [1.54, 1.807) is 19.1 Å². The SMILES string of the molecule is COCCCN(C)c1ncc([N+](=O)[O-])cc1C#N. The van der Waals surface area contributed by atoms with Gasteiger partial charge < -0.3 is 9.64 Å². The second-order valence-corrected chi connectivity index (χ2v) is 3.70. The van der Waals surface area contributed by atoms with E-state index >= 15 is 0 Å². The van der Waals surface area contributed by atoms with Gasteiger partial charge in [0.15, 0.2) is 0 Å². The lowest BCUT2D eigenvalue weighted by molar-refractivity contribution is -0.385. The molecule has 0 amide bonds. The van der Waals surface area contributed by atoms with Crippen LogP contribution in [0.3, 0.4) is 0 Å². The third kappa shape index (κ3) is 3.40. The number of aromatic nitrogens is 1. The van der Waals surface area contributed by atoms with E-state index in [1.807, 2.05) is 6.07 Å². The van der Waals surface area contributed by atoms with Crippen LogP contribution in [0.2, 0.25) is 0 Å². The average molecular weight is 250 g/mol. The molecular weight excluding hydrogens is 236 g/mol. The zero-order valence-electron chi connectivity index (χ0n) is 10.3. The maximum absolute atomic E-state index is 10.6. The van der Waals surface area contributed by atoms with E-state index in [-0.39, 0.29) is 11.3 Å². The smallest absolute Gasteiger partial charge is 0.289 e. The number of pyridine rings is 1. The largest absolute Gasteiger partial charge is 0.385 e. The molecule has 0 unspecified atom stereocenters. The Morgan fingerprint density at radius 3 is 2.94 bits per heavy atom. The molecule has 0 saturated carbocycles. The van der Waals surface area contributed by atoms with Crippen molar-refractivity contribution in [2.75, 3.05) is 32.2 Å². The molecule has 0 aliphatic heterocycles. The molecule has 1 aromatic heterocycles. The topological polar surface area (TPSA) is 92.3 Å². The molecular formula is C11H14N4O3. The first-order valence-electron chi connectivity index (χ1n) is 5.34. The summed E-state index contributed by atoms with van der Waals surface area (Å²) in [7, 11) is 3.40. The van der Waals surface area contributed by atoms with Gasteiger partial charge in [-0.15, -0.1) is 0 Å². The van der Waals surface area contributed by atoms with Gasteiger partial charge in [-0.05, 0) is 6.42 Å². The van der Waals surface area contributed by atoms with Gasteiger partial charge in [0, 0.05) is 33.4 Å². The number of ether oxygens (including phenoxy) is 1. The number of methoxy groups -OCH3 is 1. The lowest BCUT2D eigenvalue weighted by Gasteiger charge is -2.18. The van der Waals surface area contributed by atoms with Crippen molar-refractivity contribution in [3.8, 4) is 6.07 Å². The van der Waals surface area contributed by atoms with E-state index in [0.717, 1.165) is 12.6 Å². The van der Waals surface area contributed by atoms with Crippen LogP contribution in [0.25, 0.3) is 0 Å². The summed E-state index contributed by atoms with van der Waals surface area (Å²) < 4.78 is 4.93. The number of rotatable bonds is 6. The highest BCUT2D eigenvalue weighted by atomic mass is 16.6. The summed E-state index contributed by atoms with van der Waals surface area (Å²) in [6.07, 6.45) is 1.94. The minimum absolute atomic E-state index is 0.180. The third-order valence-corrected chi connectivity index (χ3v) is 2.39. The molecule has 18 heavy (non-hydrogen) atoms. The Labute approximate surface area is 105 Å². The monoisotopic (exact) mass is 250 g/mol. The van der Waals surface area contributed by atoms with Crippen LogP contribution in [-0.4, -0.2) is 37.2 Å². The van der Waals surface area contributed by atoms with Gasteiger partial charge in [-0.25, -0.2) is 4.98 Å². The lowest BCUT2D eigenvalue weighted by Crippen LogP contribution is -2.22. The summed E-state index contributed by atoms with van der Waals surface area (Å²) in [5.41, 5.74) is 0.0182. The zero-order valence-corrected chi connectivity index (χ0v) is 10.3. The second kappa shape index (κ2) is 6.51. The minimum atomic E-state index is -0.567. The molecule has 1 heterocycles. The van der Waals surface area contributed by atoms with Gasteiger partial charge in [-0.3, -0.25) is 10.1 Å². The first kappa shape index (κ1) is 13.9. The summed E-state index contributed by atoms with van der Waals surface area (Å²) in [5, 5.41) is 19.6. The summed E-state index contributed by atoms with van der Waals surface area (Å²) in [6.45, 7) is 1.27. The van der Waals surface area contributed by atoms with Gasteiger partial charge in [0.2, 0.25) is 0 Å². The number of nitro groups is 1. The molecule has 0 fully saturated rings. The van der Waals surface area contributed by atoms with Crippen molar-refractivity contribution in [3.05, 3.63) is 27.9 Å². The minimum Gasteiger partial charge on any atom is -0.385 e. The predicted molar refractivity (Wildman–Crippen MR) is 65.4 cm³/mol. The van der Waals surface area contributed by atoms with Gasteiger partial charge in [0.05, 0.1) is 4.92 Å². The molecule has 0 bridgehead atoms. The first-order valence-corrected chi connectivity index (χ1v) is 5.34. The molecule has 96 valence electrons. The van der Waals surface area contributed by atoms with E-state index in [4.69, 9.17) is 10.00 Å². The molecule has 0 radical (unpaired) electrons. The standard InChI is InChI=1S/C11H14N4O3/c1-14(4-3-5-18-2)11-9(7-12)6-10(8-13-11)15(16)17/h6,8H,3-5H2,1-2H3. The quantitative estimate of drug-likeness (QED) is 0.429. The Kier molecular flexibility index (Phi) is 5.02. The maximum Gasteiger partial charge on any atom is 0.289 e. The van der Waals surface area contributed by atoms with Crippen molar-refractivity contribution in [2.45, 2.75) is 6.42 Å². The average Bonchev–Trinajstić information content (AvgIpc) is 2.38. The molecule has 0 aliphatic carbocycles. The van der Waals surface area contributed by atoms with Crippen LogP contribution < -0.4 is 4.90 Å². The van der Waals surface area contributed by atoms with Gasteiger partial charge in [-0.1, -0.05) is 0 Å². The third-order valence-electron chi connectivity index (χ3n) is 2.39. The van der Waals surface area contributed by atoms with Gasteiger partial charge in [0.1, 0.15) is 23.6 Å². The van der Waals surface area contributed by atoms with Crippen molar-refractivity contribution in [1.29, 1.82) is 5.26 Å². The highest BCUT2D eigenvalue weighted by Gasteiger charge is 2.14. The highest BCUT2D eigenvalue weighted by Crippen LogP contribution is 2.20. The fourth-order valence-corrected chi connectivity index (χ4v) is 1.48. The Balaban J connectivity index is 2.88. The van der Waals surface area contributed by atoms with Crippen LogP contribution >= 0.6 is 0 Å². The first-order chi connectivity index (χ1) is 8.60. The summed E-state index contributed by atoms with van der Waals surface area (Å²) in [4.78, 5) is 15.8. The van der Waals surface area contributed by atoms with Crippen LogP contribution in [0.5, 0.6) is 0 Å². The Hall–Kier alpha value is -2.20. The van der Waals surface area contributed by atoms with Crippen molar-refractivity contribution in [1.82, 2.24) is 4.98 Å². The number of hydrogen-bond acceptors (Lipinski definition) is 6. The molecule has 0 atom stereocenters. The van der Waals surface area contributed by atoms with Crippen molar-refractivity contribution < 1.29 is 9.66 Å². The van der Waals surface area contributed by atoms with E-state index in [9.17, 15) is 10.1 Å². The van der Waals surface area contributed by atoms with E-state index < -0.39 is 4.92 Å². The maximum atomic E-state index is 10.6. The molecule has 0 aromatic carbocycles. The van der Waals surface area contributed by atoms with Gasteiger partial charge >= 0.3 is 0 Å². The number of nitrogens with zero attached hydrogens (tertiary/aromatic N) is 4. The predicted octanol–water partition coefficient (Wildman–Crippen LogP) is 1.33. The van der Waals surface area contributed by atoms with Crippen LogP contribution in [0, 0.1) is 21.4 Å². The summed E-state index contributed by atoms with van der Waals surface area (Å²) in [6, 6.07) is 3.15. The second-order valence-electron chi connectivity index (χ2n) is 3.70. The molecule has 7 heteroatoms. The molecule has 1 aromatic rings.